The van der Waals surface area contributed by atoms with Gasteiger partial charge in [-0.3, -0.25) is 9.79 Å². The zero-order valence-corrected chi connectivity index (χ0v) is 10.6. The molecule has 0 aromatic carbocycles. The lowest BCUT2D eigenvalue weighted by atomic mass is 10.1. The summed E-state index contributed by atoms with van der Waals surface area (Å²) in [5, 5.41) is 8.73. The van der Waals surface area contributed by atoms with Crippen LogP contribution >= 0.6 is 0 Å². The SMILES string of the molecule is C=CCNC(=NC)NCC(=O)NC(C)(C)C. The maximum absolute atomic E-state index is 11.5. The fourth-order valence-electron chi connectivity index (χ4n) is 1.02. The van der Waals surface area contributed by atoms with Gasteiger partial charge in [-0.25, -0.2) is 0 Å². The largest absolute Gasteiger partial charge is 0.353 e. The van der Waals surface area contributed by atoms with Crippen LogP contribution in [0.25, 0.3) is 0 Å². The number of hydrogen-bond acceptors (Lipinski definition) is 2. The van der Waals surface area contributed by atoms with E-state index in [0.29, 0.717) is 12.5 Å². The fourth-order valence-corrected chi connectivity index (χ4v) is 1.02. The van der Waals surface area contributed by atoms with Gasteiger partial charge in [0.1, 0.15) is 0 Å². The monoisotopic (exact) mass is 226 g/mol. The van der Waals surface area contributed by atoms with Gasteiger partial charge in [0, 0.05) is 19.1 Å². The summed E-state index contributed by atoms with van der Waals surface area (Å²) in [6.45, 7) is 10.2. The second kappa shape index (κ2) is 6.87. The van der Waals surface area contributed by atoms with Crippen LogP contribution in [0.2, 0.25) is 0 Å². The van der Waals surface area contributed by atoms with E-state index in [9.17, 15) is 4.79 Å². The van der Waals surface area contributed by atoms with Gasteiger partial charge >= 0.3 is 0 Å². The Morgan fingerprint density at radius 1 is 1.38 bits per heavy atom. The van der Waals surface area contributed by atoms with E-state index in [1.807, 2.05) is 20.8 Å². The Kier molecular flexibility index (Phi) is 6.22. The second-order valence-electron chi connectivity index (χ2n) is 4.39. The van der Waals surface area contributed by atoms with Crippen LogP contribution < -0.4 is 16.0 Å². The molecule has 0 unspecified atom stereocenters. The lowest BCUT2D eigenvalue weighted by molar-refractivity contribution is -0.121. The lowest BCUT2D eigenvalue weighted by Gasteiger charge is -2.21. The molecule has 16 heavy (non-hydrogen) atoms. The third-order valence-electron chi connectivity index (χ3n) is 1.57. The van der Waals surface area contributed by atoms with Gasteiger partial charge in [0.25, 0.3) is 0 Å². The molecule has 0 saturated carbocycles. The fraction of sp³-hybridized carbons (Fsp3) is 0.636. The topological polar surface area (TPSA) is 65.5 Å². The number of amides is 1. The predicted octanol–water partition coefficient (Wildman–Crippen LogP) is 0.252. The Labute approximate surface area is 97.4 Å². The number of carbonyl (C=O) groups is 1. The minimum Gasteiger partial charge on any atom is -0.353 e. The average Bonchev–Trinajstić information content (AvgIpc) is 2.15. The van der Waals surface area contributed by atoms with Crippen LogP contribution in [0.5, 0.6) is 0 Å². The van der Waals surface area contributed by atoms with Gasteiger partial charge in [-0.2, -0.15) is 0 Å². The summed E-state index contributed by atoms with van der Waals surface area (Å²) in [5.41, 5.74) is -0.211. The van der Waals surface area contributed by atoms with Crippen LogP contribution in [0.3, 0.4) is 0 Å². The van der Waals surface area contributed by atoms with E-state index < -0.39 is 0 Å². The molecule has 0 aliphatic heterocycles. The molecule has 0 rings (SSSR count). The molecular formula is C11H22N4O. The van der Waals surface area contributed by atoms with E-state index in [0.717, 1.165) is 0 Å². The molecule has 0 aliphatic rings. The van der Waals surface area contributed by atoms with Gasteiger partial charge in [-0.1, -0.05) is 6.08 Å². The molecule has 0 aromatic heterocycles. The standard InChI is InChI=1S/C11H22N4O/c1-6-7-13-10(12-5)14-8-9(16)15-11(2,3)4/h6H,1,7-8H2,2-5H3,(H,15,16)(H2,12,13,14). The van der Waals surface area contributed by atoms with Gasteiger partial charge in [0.2, 0.25) is 5.91 Å². The number of rotatable bonds is 4. The normalized spacial score (nSPS) is 11.9. The van der Waals surface area contributed by atoms with Crippen LogP contribution in [0.1, 0.15) is 20.8 Å². The van der Waals surface area contributed by atoms with Crippen molar-refractivity contribution in [3.8, 4) is 0 Å². The molecule has 0 spiro atoms. The van der Waals surface area contributed by atoms with Gasteiger partial charge in [0.05, 0.1) is 6.54 Å². The Hall–Kier alpha value is -1.52. The highest BCUT2D eigenvalue weighted by Gasteiger charge is 2.13. The molecule has 0 saturated heterocycles. The first kappa shape index (κ1) is 14.5. The smallest absolute Gasteiger partial charge is 0.239 e. The van der Waals surface area contributed by atoms with Crippen molar-refractivity contribution in [2.75, 3.05) is 20.1 Å². The maximum Gasteiger partial charge on any atom is 0.239 e. The second-order valence-corrected chi connectivity index (χ2v) is 4.39. The highest BCUT2D eigenvalue weighted by Crippen LogP contribution is 1.96. The van der Waals surface area contributed by atoms with Crippen molar-refractivity contribution in [2.45, 2.75) is 26.3 Å². The number of nitrogens with zero attached hydrogens (tertiary/aromatic N) is 1. The van der Waals surface area contributed by atoms with E-state index in [1.54, 1.807) is 13.1 Å². The van der Waals surface area contributed by atoms with Crippen molar-refractivity contribution in [3.63, 3.8) is 0 Å². The molecule has 0 heterocycles. The quantitative estimate of drug-likeness (QED) is 0.366. The maximum atomic E-state index is 11.5. The third kappa shape index (κ3) is 7.84. The Morgan fingerprint density at radius 2 is 2.00 bits per heavy atom. The van der Waals surface area contributed by atoms with Crippen molar-refractivity contribution in [1.29, 1.82) is 0 Å². The molecule has 5 heteroatoms. The summed E-state index contributed by atoms with van der Waals surface area (Å²) in [6, 6.07) is 0. The molecule has 3 N–H and O–H groups in total. The summed E-state index contributed by atoms with van der Waals surface area (Å²) in [6.07, 6.45) is 1.72. The first-order valence-electron chi connectivity index (χ1n) is 5.25. The van der Waals surface area contributed by atoms with Gasteiger partial charge < -0.3 is 16.0 Å². The Morgan fingerprint density at radius 3 is 2.44 bits per heavy atom. The highest BCUT2D eigenvalue weighted by molar-refractivity contribution is 5.86. The van der Waals surface area contributed by atoms with Crippen LogP contribution in [0, 0.1) is 0 Å². The summed E-state index contributed by atoms with van der Waals surface area (Å²) in [7, 11) is 1.65. The molecule has 0 fully saturated rings. The molecular weight excluding hydrogens is 204 g/mol. The number of aliphatic imine (C=N–C) groups is 1. The lowest BCUT2D eigenvalue weighted by Crippen LogP contribution is -2.48. The molecule has 92 valence electrons. The van der Waals surface area contributed by atoms with E-state index in [-0.39, 0.29) is 18.0 Å². The van der Waals surface area contributed by atoms with Gasteiger partial charge in [-0.05, 0) is 20.8 Å². The Balaban J connectivity index is 3.94. The first-order valence-corrected chi connectivity index (χ1v) is 5.25. The van der Waals surface area contributed by atoms with E-state index in [1.165, 1.54) is 0 Å². The van der Waals surface area contributed by atoms with Crippen molar-refractivity contribution in [3.05, 3.63) is 12.7 Å². The van der Waals surface area contributed by atoms with Crippen molar-refractivity contribution in [1.82, 2.24) is 16.0 Å². The first-order chi connectivity index (χ1) is 7.39. The summed E-state index contributed by atoms with van der Waals surface area (Å²) in [4.78, 5) is 15.4. The van der Waals surface area contributed by atoms with Crippen molar-refractivity contribution < 1.29 is 4.79 Å². The zero-order chi connectivity index (χ0) is 12.6. The van der Waals surface area contributed by atoms with Crippen molar-refractivity contribution in [2.24, 2.45) is 4.99 Å². The van der Waals surface area contributed by atoms with Crippen LogP contribution in [-0.2, 0) is 4.79 Å². The molecule has 5 nitrogen and oxygen atoms in total. The molecule has 0 bridgehead atoms. The minimum atomic E-state index is -0.211. The zero-order valence-electron chi connectivity index (χ0n) is 10.6. The number of nitrogens with one attached hydrogen (secondary N) is 3. The number of guanidine groups is 1. The summed E-state index contributed by atoms with van der Waals surface area (Å²) in [5.74, 6) is 0.526. The summed E-state index contributed by atoms with van der Waals surface area (Å²) < 4.78 is 0. The van der Waals surface area contributed by atoms with E-state index >= 15 is 0 Å². The third-order valence-corrected chi connectivity index (χ3v) is 1.57. The molecule has 0 aromatic rings. The predicted molar refractivity (Wildman–Crippen MR) is 67.5 cm³/mol. The van der Waals surface area contributed by atoms with Crippen LogP contribution in [-0.4, -0.2) is 37.5 Å². The van der Waals surface area contributed by atoms with Crippen molar-refractivity contribution >= 4 is 11.9 Å². The average molecular weight is 226 g/mol. The van der Waals surface area contributed by atoms with E-state index in [4.69, 9.17) is 0 Å². The summed E-state index contributed by atoms with van der Waals surface area (Å²) >= 11 is 0. The molecule has 0 aliphatic carbocycles. The number of carbonyl (C=O) groups excluding carboxylic acids is 1. The van der Waals surface area contributed by atoms with E-state index in [2.05, 4.69) is 27.5 Å². The molecule has 0 atom stereocenters. The molecule has 0 radical (unpaired) electrons. The van der Waals surface area contributed by atoms with Gasteiger partial charge in [-0.15, -0.1) is 6.58 Å². The minimum absolute atomic E-state index is 0.0611. The number of hydrogen-bond donors (Lipinski definition) is 3. The van der Waals surface area contributed by atoms with Gasteiger partial charge in [0.15, 0.2) is 5.96 Å². The Bertz CT molecular complexity index is 266. The highest BCUT2D eigenvalue weighted by atomic mass is 16.2. The van der Waals surface area contributed by atoms with Crippen LogP contribution in [0.4, 0.5) is 0 Å². The molecule has 1 amide bonds. The van der Waals surface area contributed by atoms with Crippen LogP contribution in [0.15, 0.2) is 17.6 Å².